The van der Waals surface area contributed by atoms with Crippen molar-refractivity contribution in [3.63, 3.8) is 0 Å². The number of aromatic hydroxyl groups is 1. The molecule has 1 aromatic carbocycles. The van der Waals surface area contributed by atoms with Crippen molar-refractivity contribution in [2.75, 3.05) is 0 Å². The predicted molar refractivity (Wildman–Crippen MR) is 45.1 cm³/mol. The van der Waals surface area contributed by atoms with E-state index in [2.05, 4.69) is 0 Å². The van der Waals surface area contributed by atoms with Crippen LogP contribution in [0.2, 0.25) is 0 Å². The summed E-state index contributed by atoms with van der Waals surface area (Å²) in [7, 11) is -4.19. The molecule has 0 aliphatic heterocycles. The van der Waals surface area contributed by atoms with E-state index in [0.717, 1.165) is 6.07 Å². The van der Waals surface area contributed by atoms with Gasteiger partial charge in [-0.05, 0) is 12.1 Å². The molecule has 0 saturated heterocycles. The van der Waals surface area contributed by atoms with Gasteiger partial charge in [-0.15, -0.1) is 0 Å². The van der Waals surface area contributed by atoms with Crippen LogP contribution >= 0.6 is 0 Å². The molecule has 0 fully saturated rings. The molecule has 6 heteroatoms. The monoisotopic (exact) mass is 214 g/mol. The first-order chi connectivity index (χ1) is 5.00. The van der Waals surface area contributed by atoms with Gasteiger partial charge in [-0.3, -0.25) is 4.55 Å². The summed E-state index contributed by atoms with van der Waals surface area (Å²) in [5.74, 6) is -0.194. The quantitative estimate of drug-likeness (QED) is 0.509. The van der Waals surface area contributed by atoms with Crippen LogP contribution < -0.4 is 0 Å². The topological polar surface area (TPSA) is 74.6 Å². The summed E-state index contributed by atoms with van der Waals surface area (Å²) in [6.45, 7) is 0. The van der Waals surface area contributed by atoms with E-state index in [1.807, 2.05) is 0 Å². The maximum atomic E-state index is 10.4. The predicted octanol–water partition coefficient (Wildman–Crippen LogP) is -0.00960. The molecule has 0 spiro atoms. The fourth-order valence-corrected chi connectivity index (χ4v) is 1.16. The van der Waals surface area contributed by atoms with Crippen molar-refractivity contribution in [1.82, 2.24) is 0 Å². The van der Waals surface area contributed by atoms with Crippen molar-refractivity contribution in [3.8, 4) is 5.75 Å². The van der Waals surface area contributed by atoms with Gasteiger partial charge in [0.15, 0.2) is 0 Å². The van der Waals surface area contributed by atoms with Crippen LogP contribution in [-0.4, -0.2) is 69.5 Å². The van der Waals surface area contributed by atoms with Gasteiger partial charge in [-0.1, -0.05) is 6.07 Å². The van der Waals surface area contributed by atoms with Gasteiger partial charge in [-0.2, -0.15) is 8.42 Å². The van der Waals surface area contributed by atoms with Crippen molar-refractivity contribution in [2.45, 2.75) is 4.90 Å². The van der Waals surface area contributed by atoms with E-state index < -0.39 is 10.1 Å². The van der Waals surface area contributed by atoms with Crippen LogP contribution in [0.1, 0.15) is 0 Å². The van der Waals surface area contributed by atoms with Gasteiger partial charge in [-0.25, -0.2) is 0 Å². The first-order valence-electron chi connectivity index (χ1n) is 2.77. The Kier molecular flexibility index (Phi) is 4.93. The summed E-state index contributed by atoms with van der Waals surface area (Å²) in [6.07, 6.45) is 0. The second kappa shape index (κ2) is 4.71. The Bertz CT molecular complexity index is 360. The van der Waals surface area contributed by atoms with Crippen molar-refractivity contribution in [1.29, 1.82) is 0 Å². The number of benzene rings is 1. The van der Waals surface area contributed by atoms with E-state index in [9.17, 15) is 8.42 Å². The molecule has 0 heterocycles. The second-order valence-electron chi connectivity index (χ2n) is 1.97. The van der Waals surface area contributed by atoms with Gasteiger partial charge >= 0.3 is 51.4 Å². The Morgan fingerprint density at radius 2 is 1.83 bits per heavy atom. The molecule has 0 saturated carbocycles. The molecule has 0 bridgehead atoms. The summed E-state index contributed by atoms with van der Waals surface area (Å²) in [4.78, 5) is -0.308. The summed E-state index contributed by atoms with van der Waals surface area (Å²) in [5, 5.41) is 8.80. The first-order valence-corrected chi connectivity index (χ1v) is 4.21. The molecule has 0 radical (unpaired) electrons. The normalized spacial score (nSPS) is 10.4. The number of phenolic OH excluding ortho intramolecular Hbond substituents is 1. The summed E-state index contributed by atoms with van der Waals surface area (Å²) in [5.41, 5.74) is 0. The molecule has 1 rings (SSSR count). The molecule has 0 aliphatic rings. The zero-order valence-corrected chi connectivity index (χ0v) is 6.25. The molecule has 0 aliphatic carbocycles. The number of phenols is 1. The summed E-state index contributed by atoms with van der Waals surface area (Å²) in [6, 6.07) is 4.80. The third-order valence-electron chi connectivity index (χ3n) is 1.12. The number of rotatable bonds is 1. The summed E-state index contributed by atoms with van der Waals surface area (Å²) < 4.78 is 29.3. The van der Waals surface area contributed by atoms with Crippen LogP contribution in [0.5, 0.6) is 5.75 Å². The van der Waals surface area contributed by atoms with Crippen LogP contribution in [0.15, 0.2) is 29.2 Å². The molecule has 0 amide bonds. The zero-order chi connectivity index (χ0) is 8.48. The molecular formula is C6H7KO4S. The molecule has 0 atom stereocenters. The standard InChI is InChI=1S/C6H6O4S.K.H/c7-5-2-1-3-6(4-5)11(8,9)10;;/h1-4,7H,(H,8,9,10);;. The van der Waals surface area contributed by atoms with Gasteiger partial charge in [0.2, 0.25) is 0 Å². The van der Waals surface area contributed by atoms with Crippen molar-refractivity contribution >= 4 is 61.5 Å². The van der Waals surface area contributed by atoms with Crippen molar-refractivity contribution in [2.24, 2.45) is 0 Å². The Balaban J connectivity index is 0.00000121. The Morgan fingerprint density at radius 1 is 1.25 bits per heavy atom. The van der Waals surface area contributed by atoms with E-state index in [1.54, 1.807) is 0 Å². The van der Waals surface area contributed by atoms with Crippen LogP contribution in [0.25, 0.3) is 0 Å². The zero-order valence-electron chi connectivity index (χ0n) is 5.43. The third-order valence-corrected chi connectivity index (χ3v) is 1.97. The molecule has 1 aromatic rings. The molecule has 12 heavy (non-hydrogen) atoms. The third kappa shape index (κ3) is 3.52. The average molecular weight is 214 g/mol. The van der Waals surface area contributed by atoms with Crippen LogP contribution in [-0.2, 0) is 10.1 Å². The van der Waals surface area contributed by atoms with Crippen molar-refractivity contribution in [3.05, 3.63) is 24.3 Å². The average Bonchev–Trinajstić information content (AvgIpc) is 1.86. The maximum absolute atomic E-state index is 10.4. The Hall–Kier alpha value is 0.566. The first kappa shape index (κ1) is 12.6. The van der Waals surface area contributed by atoms with E-state index >= 15 is 0 Å². The molecular weight excluding hydrogens is 207 g/mol. The fourth-order valence-electron chi connectivity index (χ4n) is 0.644. The van der Waals surface area contributed by atoms with E-state index in [1.165, 1.54) is 18.2 Å². The minimum atomic E-state index is -4.19. The van der Waals surface area contributed by atoms with Gasteiger partial charge in [0, 0.05) is 6.07 Å². The second-order valence-corrected chi connectivity index (χ2v) is 3.39. The van der Waals surface area contributed by atoms with E-state index in [4.69, 9.17) is 9.66 Å². The summed E-state index contributed by atoms with van der Waals surface area (Å²) >= 11 is 0. The Labute approximate surface area is 113 Å². The van der Waals surface area contributed by atoms with Crippen molar-refractivity contribution < 1.29 is 18.1 Å². The fraction of sp³-hybridized carbons (Fsp3) is 0. The molecule has 0 aromatic heterocycles. The van der Waals surface area contributed by atoms with Gasteiger partial charge < -0.3 is 5.11 Å². The van der Waals surface area contributed by atoms with Gasteiger partial charge in [0.25, 0.3) is 10.1 Å². The molecule has 4 nitrogen and oxygen atoms in total. The Morgan fingerprint density at radius 3 is 2.17 bits per heavy atom. The number of hydrogen-bond acceptors (Lipinski definition) is 3. The molecule has 0 unspecified atom stereocenters. The van der Waals surface area contributed by atoms with Crippen LogP contribution in [0, 0.1) is 0 Å². The minimum absolute atomic E-state index is 0. The molecule has 2 N–H and O–H groups in total. The molecule has 62 valence electrons. The van der Waals surface area contributed by atoms with Crippen LogP contribution in [0.4, 0.5) is 0 Å². The number of hydrogen-bond donors (Lipinski definition) is 2. The SMILES string of the molecule is O=S(=O)(O)c1cccc(O)c1.[KH]. The van der Waals surface area contributed by atoms with E-state index in [-0.39, 0.29) is 62.0 Å². The van der Waals surface area contributed by atoms with Gasteiger partial charge in [0.1, 0.15) is 5.75 Å². The van der Waals surface area contributed by atoms with Crippen LogP contribution in [0.3, 0.4) is 0 Å². The van der Waals surface area contributed by atoms with E-state index in [0.29, 0.717) is 0 Å². The van der Waals surface area contributed by atoms with Gasteiger partial charge in [0.05, 0.1) is 4.90 Å².